The summed E-state index contributed by atoms with van der Waals surface area (Å²) in [5, 5.41) is 31.0. The predicted molar refractivity (Wildman–Crippen MR) is 196 cm³/mol. The molecule has 2 aliphatic heterocycles. The highest BCUT2D eigenvalue weighted by atomic mass is 31.3. The molecule has 2 aliphatic rings. The number of imidazole rings is 1. The summed E-state index contributed by atoms with van der Waals surface area (Å²) in [6, 6.07) is 1.53. The molecule has 0 saturated carbocycles. The van der Waals surface area contributed by atoms with Gasteiger partial charge >= 0.3 is 46.9 Å². The van der Waals surface area contributed by atoms with Crippen LogP contribution in [0.15, 0.2) is 24.9 Å². The van der Waals surface area contributed by atoms with Crippen molar-refractivity contribution in [1.82, 2.24) is 34.1 Å². The number of ether oxygens (including phenoxy) is 2. The molecule has 0 aromatic carbocycles. The largest absolute Gasteiger partial charge is 0.490 e. The van der Waals surface area contributed by atoms with Crippen LogP contribution in [0.25, 0.3) is 22.2 Å². The lowest BCUT2D eigenvalue weighted by atomic mass is 10.1. The van der Waals surface area contributed by atoms with Crippen LogP contribution in [0.3, 0.4) is 0 Å². The number of fused-ring (bicyclic) bond motifs is 2. The number of hydrogen-bond donors (Lipinski definition) is 14. The smallest absolute Gasteiger partial charge is 0.390 e. The number of aliphatic hydroxyl groups excluding tert-OH is 3. The molecule has 4 aromatic heterocycles. The minimum Gasteiger partial charge on any atom is -0.390 e. The van der Waals surface area contributed by atoms with E-state index >= 15 is 0 Å². The van der Waals surface area contributed by atoms with Crippen molar-refractivity contribution in [3.05, 3.63) is 24.9 Å². The summed E-state index contributed by atoms with van der Waals surface area (Å²) < 4.78 is 104. The number of nitrogens with two attached hydrogens (primary N) is 3. The Morgan fingerprint density at radius 1 is 0.661 bits per heavy atom. The van der Waals surface area contributed by atoms with Crippen molar-refractivity contribution in [3.8, 4) is 0 Å². The van der Waals surface area contributed by atoms with Gasteiger partial charge in [0.2, 0.25) is 5.95 Å². The Bertz CT molecular complexity index is 2570. The SMILES string of the molecule is Nc1nc(N)c2ncn(C3CC(O)C(COP(=O)(O)OP(=O)(O)OP(=O)(O)O)O3)c2n1.Nc1ncnc2c1ccn2C1OC(COP(=O)(O)OP(=O)(O)OP(=O)(O)O)C(O)C1O. The van der Waals surface area contributed by atoms with Crippen LogP contribution in [0, 0.1) is 0 Å². The van der Waals surface area contributed by atoms with Gasteiger partial charge < -0.3 is 85.7 Å². The Kier molecular flexibility index (Phi) is 15.0. The molecule has 0 aliphatic carbocycles. The van der Waals surface area contributed by atoms with Gasteiger partial charge in [-0.25, -0.2) is 42.3 Å². The van der Waals surface area contributed by atoms with Crippen LogP contribution >= 0.6 is 46.9 Å². The zero-order valence-electron chi connectivity index (χ0n) is 30.2. The van der Waals surface area contributed by atoms with Gasteiger partial charge in [-0.05, 0) is 6.07 Å². The molecule has 0 bridgehead atoms. The highest BCUT2D eigenvalue weighted by molar-refractivity contribution is 7.67. The number of hydrogen-bond acceptors (Lipinski definition) is 25. The molecule has 17 N–H and O–H groups in total. The summed E-state index contributed by atoms with van der Waals surface area (Å²) in [5.74, 6) is 0.0412. The van der Waals surface area contributed by atoms with Crippen molar-refractivity contribution >= 4 is 86.7 Å². The number of nitrogen functional groups attached to an aromatic ring is 3. The molecule has 35 nitrogen and oxygen atoms in total. The first-order valence-corrected chi connectivity index (χ1v) is 25.1. The molecular formula is C21H34N10O25P6. The Hall–Kier alpha value is -2.81. The maximum atomic E-state index is 11.8. The summed E-state index contributed by atoms with van der Waals surface area (Å²) in [4.78, 5) is 90.8. The van der Waals surface area contributed by atoms with Gasteiger partial charge in [0.1, 0.15) is 54.0 Å². The maximum absolute atomic E-state index is 11.8. The summed E-state index contributed by atoms with van der Waals surface area (Å²) in [6.07, 6.45) is -5.30. The third kappa shape index (κ3) is 13.1. The molecule has 0 amide bonds. The molecule has 6 rings (SSSR count). The highest BCUT2D eigenvalue weighted by Gasteiger charge is 2.47. The van der Waals surface area contributed by atoms with E-state index in [1.54, 1.807) is 0 Å². The van der Waals surface area contributed by atoms with Gasteiger partial charge in [-0.3, -0.25) is 13.6 Å². The zero-order valence-corrected chi connectivity index (χ0v) is 35.5. The van der Waals surface area contributed by atoms with Gasteiger partial charge in [0.05, 0.1) is 31.0 Å². The topological polar surface area (TPSA) is 551 Å². The Morgan fingerprint density at radius 3 is 1.79 bits per heavy atom. The van der Waals surface area contributed by atoms with Crippen molar-refractivity contribution in [3.63, 3.8) is 0 Å². The van der Waals surface area contributed by atoms with E-state index < -0.39 is 103 Å². The molecule has 11 unspecified atom stereocenters. The molecule has 2 fully saturated rings. The van der Waals surface area contributed by atoms with E-state index in [9.17, 15) is 52.5 Å². The van der Waals surface area contributed by atoms with Gasteiger partial charge in [0.15, 0.2) is 17.7 Å². The second-order valence-electron chi connectivity index (χ2n) is 12.3. The van der Waals surface area contributed by atoms with E-state index in [0.717, 1.165) is 0 Å². The molecule has 6 heterocycles. The lowest BCUT2D eigenvalue weighted by Gasteiger charge is -2.19. The van der Waals surface area contributed by atoms with Crippen LogP contribution in [0.2, 0.25) is 0 Å². The fourth-order valence-corrected chi connectivity index (χ4v) is 11.5. The fourth-order valence-electron chi connectivity index (χ4n) is 5.44. The molecular weight excluding hydrogens is 978 g/mol. The van der Waals surface area contributed by atoms with Crippen LogP contribution < -0.4 is 17.2 Å². The number of phosphoric acid groups is 6. The first kappa shape index (κ1) is 50.2. The lowest BCUT2D eigenvalue weighted by Crippen LogP contribution is -2.33. The van der Waals surface area contributed by atoms with Gasteiger partial charge in [0, 0.05) is 12.6 Å². The van der Waals surface area contributed by atoms with E-state index in [0.29, 0.717) is 5.39 Å². The van der Waals surface area contributed by atoms with E-state index in [2.05, 4.69) is 51.2 Å². The quantitative estimate of drug-likeness (QED) is 0.0538. The molecule has 4 aromatic rings. The Balaban J connectivity index is 0.000000234. The van der Waals surface area contributed by atoms with Crippen LogP contribution in [-0.2, 0) is 63.2 Å². The van der Waals surface area contributed by atoms with Crippen LogP contribution in [0.4, 0.5) is 17.6 Å². The third-order valence-electron chi connectivity index (χ3n) is 7.77. The van der Waals surface area contributed by atoms with Crippen LogP contribution in [0.5, 0.6) is 0 Å². The molecule has 348 valence electrons. The number of aromatic nitrogens is 7. The molecule has 2 saturated heterocycles. The van der Waals surface area contributed by atoms with Crippen molar-refractivity contribution in [1.29, 1.82) is 0 Å². The van der Waals surface area contributed by atoms with Crippen molar-refractivity contribution in [2.75, 3.05) is 30.4 Å². The van der Waals surface area contributed by atoms with Crippen molar-refractivity contribution in [2.45, 2.75) is 49.4 Å². The fraction of sp³-hybridized carbons (Fsp3) is 0.476. The molecule has 0 spiro atoms. The standard InChI is InChI=1S/C11H17N4O13P3.C10H17N6O12P3/c12-9-5-1-2-15(10(5)14-4-13-9)11-8(17)7(16)6(26-11)3-25-30(21,22)28-31(23,24)27-29(18,19)20;11-8-7-9(15-10(12)14-8)16(3-13-7)6-1-4(17)5(26-6)2-25-30(21,22)28-31(23,24)27-29(18,19)20/h1-2,4,6-8,11,16-17H,3H2,(H,21,22)(H,23,24)(H2,12,13,14)(H2,18,19,20);3-6,17H,1-2H2,(H,21,22)(H,23,24)(H2,18,19,20)(H4,11,12,14,15). The minimum absolute atomic E-state index is 0.0176. The molecule has 41 heteroatoms. The third-order valence-corrected chi connectivity index (χ3v) is 15.4. The Morgan fingerprint density at radius 2 is 1.23 bits per heavy atom. The summed E-state index contributed by atoms with van der Waals surface area (Å²) in [6.45, 7) is -1.75. The normalized spacial score (nSPS) is 27.2. The summed E-state index contributed by atoms with van der Waals surface area (Å²) in [5.41, 5.74) is 17.7. The van der Waals surface area contributed by atoms with Crippen LogP contribution in [-0.4, -0.2) is 132 Å². The van der Waals surface area contributed by atoms with Crippen molar-refractivity contribution < 1.29 is 118 Å². The van der Waals surface area contributed by atoms with Gasteiger partial charge in [-0.15, -0.1) is 0 Å². The average Bonchev–Trinajstić information content (AvgIpc) is 3.86. The van der Waals surface area contributed by atoms with E-state index in [-0.39, 0.29) is 40.8 Å². The molecule has 62 heavy (non-hydrogen) atoms. The monoisotopic (exact) mass is 1010 g/mol. The lowest BCUT2D eigenvalue weighted by molar-refractivity contribution is -0.0500. The number of nitrogens with zero attached hydrogens (tertiary/aromatic N) is 7. The van der Waals surface area contributed by atoms with Crippen molar-refractivity contribution in [2.24, 2.45) is 0 Å². The van der Waals surface area contributed by atoms with E-state index in [1.807, 2.05) is 0 Å². The number of aliphatic hydroxyl groups is 3. The van der Waals surface area contributed by atoms with E-state index in [4.69, 9.17) is 56.0 Å². The average molecular weight is 1010 g/mol. The summed E-state index contributed by atoms with van der Waals surface area (Å²) >= 11 is 0. The van der Waals surface area contributed by atoms with Crippen LogP contribution in [0.1, 0.15) is 18.9 Å². The van der Waals surface area contributed by atoms with E-state index in [1.165, 1.54) is 34.1 Å². The first-order chi connectivity index (χ1) is 28.3. The maximum Gasteiger partial charge on any atom is 0.490 e. The number of rotatable bonds is 16. The van der Waals surface area contributed by atoms with Gasteiger partial charge in [-0.2, -0.15) is 27.2 Å². The minimum atomic E-state index is -5.69. The molecule has 0 radical (unpaired) electrons. The highest BCUT2D eigenvalue weighted by Crippen LogP contribution is 2.67. The zero-order chi connectivity index (χ0) is 46.4. The second kappa shape index (κ2) is 18.6. The van der Waals surface area contributed by atoms with Gasteiger partial charge in [-0.1, -0.05) is 0 Å². The summed E-state index contributed by atoms with van der Waals surface area (Å²) in [7, 11) is -33.2. The predicted octanol–water partition coefficient (Wildman–Crippen LogP) is -2.04. The van der Waals surface area contributed by atoms with Gasteiger partial charge in [0.25, 0.3) is 0 Å². The second-order valence-corrected chi connectivity index (χ2v) is 21.1. The Labute approximate surface area is 342 Å². The number of phosphoric ester groups is 2. The molecule has 11 atom stereocenters. The first-order valence-electron chi connectivity index (χ1n) is 16.1. The number of anilines is 3.